The average molecular weight is 358 g/mol. The summed E-state index contributed by atoms with van der Waals surface area (Å²) in [5.74, 6) is -0.471. The molecule has 1 aromatic carbocycles. The van der Waals surface area contributed by atoms with Crippen molar-refractivity contribution >= 4 is 22.7 Å². The minimum absolute atomic E-state index is 0.0980. The summed E-state index contributed by atoms with van der Waals surface area (Å²) >= 11 is 0. The predicted molar refractivity (Wildman–Crippen MR) is 95.6 cm³/mol. The number of hydrogen-bond donors (Lipinski definition) is 2. The molecule has 0 unspecified atom stereocenters. The van der Waals surface area contributed by atoms with Crippen LogP contribution < -0.4 is 16.2 Å². The number of nitrogens with one attached hydrogen (secondary N) is 2. The smallest absolute Gasteiger partial charge is 0.261 e. The zero-order valence-electron chi connectivity index (χ0n) is 14.4. The third-order valence-electron chi connectivity index (χ3n) is 4.27. The van der Waals surface area contributed by atoms with Crippen molar-refractivity contribution in [2.75, 3.05) is 19.7 Å². The van der Waals surface area contributed by atoms with E-state index in [1.165, 1.54) is 10.9 Å². The molecule has 0 radical (unpaired) electrons. The Bertz CT molecular complexity index is 842. The molecular formula is C18H22N4O4. The van der Waals surface area contributed by atoms with Crippen LogP contribution in [0.25, 0.3) is 10.9 Å². The highest BCUT2D eigenvalue weighted by atomic mass is 16.5. The van der Waals surface area contributed by atoms with Gasteiger partial charge in [0.25, 0.3) is 5.56 Å². The molecule has 1 fully saturated rings. The van der Waals surface area contributed by atoms with Gasteiger partial charge in [-0.15, -0.1) is 0 Å². The SMILES string of the molecule is O=C(CCNC(=O)Cn1cnc2ccccc2c1=O)NC[C@@H]1CCCO1. The van der Waals surface area contributed by atoms with E-state index in [4.69, 9.17) is 4.74 Å². The fourth-order valence-electron chi connectivity index (χ4n) is 2.87. The summed E-state index contributed by atoms with van der Waals surface area (Å²) in [6.07, 6.45) is 3.63. The topological polar surface area (TPSA) is 102 Å². The number of carbonyl (C=O) groups is 2. The van der Waals surface area contributed by atoms with Crippen LogP contribution in [0.5, 0.6) is 0 Å². The van der Waals surface area contributed by atoms with Gasteiger partial charge < -0.3 is 15.4 Å². The van der Waals surface area contributed by atoms with Crippen LogP contribution in [-0.4, -0.2) is 47.2 Å². The molecular weight excluding hydrogens is 336 g/mol. The van der Waals surface area contributed by atoms with Gasteiger partial charge in [0, 0.05) is 26.1 Å². The van der Waals surface area contributed by atoms with Crippen molar-refractivity contribution in [2.45, 2.75) is 31.9 Å². The van der Waals surface area contributed by atoms with Crippen molar-refractivity contribution in [1.82, 2.24) is 20.2 Å². The van der Waals surface area contributed by atoms with E-state index in [1.54, 1.807) is 24.3 Å². The van der Waals surface area contributed by atoms with Crippen LogP contribution in [0.1, 0.15) is 19.3 Å². The quantitative estimate of drug-likeness (QED) is 0.736. The number of aromatic nitrogens is 2. The van der Waals surface area contributed by atoms with Crippen LogP contribution in [-0.2, 0) is 20.9 Å². The maximum atomic E-state index is 12.3. The fourth-order valence-corrected chi connectivity index (χ4v) is 2.87. The Morgan fingerprint density at radius 2 is 2.08 bits per heavy atom. The molecule has 0 saturated carbocycles. The van der Waals surface area contributed by atoms with E-state index in [-0.39, 0.29) is 43.0 Å². The molecule has 1 saturated heterocycles. The number of benzene rings is 1. The Hall–Kier alpha value is -2.74. The van der Waals surface area contributed by atoms with Gasteiger partial charge >= 0.3 is 0 Å². The molecule has 2 aromatic rings. The van der Waals surface area contributed by atoms with Gasteiger partial charge in [0.2, 0.25) is 11.8 Å². The molecule has 0 spiro atoms. The van der Waals surface area contributed by atoms with Gasteiger partial charge in [0.15, 0.2) is 0 Å². The van der Waals surface area contributed by atoms with E-state index < -0.39 is 0 Å². The van der Waals surface area contributed by atoms with Gasteiger partial charge in [0.05, 0.1) is 23.3 Å². The maximum Gasteiger partial charge on any atom is 0.261 e. The van der Waals surface area contributed by atoms with Crippen LogP contribution in [0, 0.1) is 0 Å². The van der Waals surface area contributed by atoms with Crippen LogP contribution in [0.4, 0.5) is 0 Å². The third kappa shape index (κ3) is 4.66. The molecule has 1 aliphatic rings. The lowest BCUT2D eigenvalue weighted by molar-refractivity contribution is -0.122. The molecule has 8 heteroatoms. The van der Waals surface area contributed by atoms with E-state index in [0.29, 0.717) is 17.4 Å². The second kappa shape index (κ2) is 8.57. The summed E-state index contributed by atoms with van der Waals surface area (Å²) in [7, 11) is 0. The van der Waals surface area contributed by atoms with E-state index in [0.717, 1.165) is 19.4 Å². The molecule has 8 nitrogen and oxygen atoms in total. The molecule has 3 rings (SSSR count). The molecule has 2 heterocycles. The van der Waals surface area contributed by atoms with E-state index in [2.05, 4.69) is 15.6 Å². The first-order valence-electron chi connectivity index (χ1n) is 8.72. The van der Waals surface area contributed by atoms with Gasteiger partial charge in [-0.1, -0.05) is 12.1 Å². The Balaban J connectivity index is 1.43. The fraction of sp³-hybridized carbons (Fsp3) is 0.444. The molecule has 138 valence electrons. The van der Waals surface area contributed by atoms with Crippen molar-refractivity contribution in [2.24, 2.45) is 0 Å². The summed E-state index contributed by atoms with van der Waals surface area (Å²) in [5.41, 5.74) is 0.331. The molecule has 0 bridgehead atoms. The zero-order chi connectivity index (χ0) is 18.4. The molecule has 1 aliphatic heterocycles. The Morgan fingerprint density at radius 3 is 2.88 bits per heavy atom. The summed E-state index contributed by atoms with van der Waals surface area (Å²) < 4.78 is 6.69. The van der Waals surface area contributed by atoms with Gasteiger partial charge in [-0.3, -0.25) is 19.0 Å². The highest BCUT2D eigenvalue weighted by Crippen LogP contribution is 2.10. The lowest BCUT2D eigenvalue weighted by Gasteiger charge is -2.11. The molecule has 2 amide bonds. The first-order chi connectivity index (χ1) is 12.6. The number of para-hydroxylation sites is 1. The maximum absolute atomic E-state index is 12.3. The zero-order valence-corrected chi connectivity index (χ0v) is 14.4. The summed E-state index contributed by atoms with van der Waals surface area (Å²) in [6.45, 7) is 1.34. The number of ether oxygens (including phenoxy) is 1. The molecule has 0 aliphatic carbocycles. The number of hydrogen-bond acceptors (Lipinski definition) is 5. The Morgan fingerprint density at radius 1 is 1.23 bits per heavy atom. The van der Waals surface area contributed by atoms with Gasteiger partial charge in [0.1, 0.15) is 6.54 Å². The third-order valence-corrected chi connectivity index (χ3v) is 4.27. The molecule has 2 N–H and O–H groups in total. The molecule has 1 atom stereocenters. The van der Waals surface area contributed by atoms with Crippen LogP contribution in [0.15, 0.2) is 35.4 Å². The standard InChI is InChI=1S/C18H22N4O4/c23-16(20-10-13-4-3-9-26-13)7-8-19-17(24)11-22-12-21-15-6-2-1-5-14(15)18(22)25/h1-2,5-6,12-13H,3-4,7-11H2,(H,19,24)(H,20,23)/t13-/m0/s1. The molecule has 26 heavy (non-hydrogen) atoms. The number of amides is 2. The van der Waals surface area contributed by atoms with Gasteiger partial charge in [-0.2, -0.15) is 0 Å². The Kier molecular flexibility index (Phi) is 5.96. The van der Waals surface area contributed by atoms with E-state index in [1.807, 2.05) is 0 Å². The van der Waals surface area contributed by atoms with Crippen LogP contribution >= 0.6 is 0 Å². The van der Waals surface area contributed by atoms with Gasteiger partial charge in [-0.05, 0) is 25.0 Å². The van der Waals surface area contributed by atoms with E-state index in [9.17, 15) is 14.4 Å². The monoisotopic (exact) mass is 358 g/mol. The number of carbonyl (C=O) groups excluding carboxylic acids is 2. The number of rotatable bonds is 7. The lowest BCUT2D eigenvalue weighted by atomic mass is 10.2. The van der Waals surface area contributed by atoms with Crippen molar-refractivity contribution in [3.05, 3.63) is 40.9 Å². The summed E-state index contributed by atoms with van der Waals surface area (Å²) in [4.78, 5) is 40.3. The highest BCUT2D eigenvalue weighted by molar-refractivity contribution is 5.80. The summed E-state index contributed by atoms with van der Waals surface area (Å²) in [6, 6.07) is 6.98. The Labute approximate surface area is 150 Å². The van der Waals surface area contributed by atoms with E-state index >= 15 is 0 Å². The lowest BCUT2D eigenvalue weighted by Crippen LogP contribution is -2.36. The van der Waals surface area contributed by atoms with Crippen molar-refractivity contribution in [3.63, 3.8) is 0 Å². The second-order valence-electron chi connectivity index (χ2n) is 6.23. The average Bonchev–Trinajstić information content (AvgIpc) is 3.16. The minimum Gasteiger partial charge on any atom is -0.376 e. The van der Waals surface area contributed by atoms with Crippen molar-refractivity contribution in [1.29, 1.82) is 0 Å². The largest absolute Gasteiger partial charge is 0.376 e. The highest BCUT2D eigenvalue weighted by Gasteiger charge is 2.16. The predicted octanol–water partition coefficient (Wildman–Crippen LogP) is 0.198. The van der Waals surface area contributed by atoms with Crippen molar-refractivity contribution in [3.8, 4) is 0 Å². The van der Waals surface area contributed by atoms with Crippen LogP contribution in [0.2, 0.25) is 0 Å². The van der Waals surface area contributed by atoms with Gasteiger partial charge in [-0.25, -0.2) is 4.98 Å². The molecule has 1 aromatic heterocycles. The first kappa shape index (κ1) is 18.1. The second-order valence-corrected chi connectivity index (χ2v) is 6.23. The number of fused-ring (bicyclic) bond motifs is 1. The number of nitrogens with zero attached hydrogens (tertiary/aromatic N) is 2. The first-order valence-corrected chi connectivity index (χ1v) is 8.72. The van der Waals surface area contributed by atoms with Crippen molar-refractivity contribution < 1.29 is 14.3 Å². The summed E-state index contributed by atoms with van der Waals surface area (Å²) in [5, 5.41) is 5.91. The van der Waals surface area contributed by atoms with Crippen LogP contribution in [0.3, 0.4) is 0 Å². The minimum atomic E-state index is -0.337. The normalized spacial score (nSPS) is 16.5.